The molecule has 0 fully saturated rings. The summed E-state index contributed by atoms with van der Waals surface area (Å²) >= 11 is 0. The van der Waals surface area contributed by atoms with E-state index in [-0.39, 0.29) is 11.5 Å². The van der Waals surface area contributed by atoms with Crippen LogP contribution in [0.4, 0.5) is 0 Å². The molecule has 0 aliphatic rings. The molecule has 0 radical (unpaired) electrons. The Bertz CT molecular complexity index is 1140. The molecule has 2 heterocycles. The van der Waals surface area contributed by atoms with Crippen molar-refractivity contribution in [2.45, 2.75) is 13.0 Å². The monoisotopic (exact) mass is 385 g/mol. The molecule has 2 N–H and O–H groups in total. The lowest BCUT2D eigenvalue weighted by atomic mass is 9.98. The Morgan fingerprint density at radius 1 is 1.00 bits per heavy atom. The fourth-order valence-electron chi connectivity index (χ4n) is 3.05. The second-order valence-corrected chi connectivity index (χ2v) is 6.64. The van der Waals surface area contributed by atoms with Crippen LogP contribution in [0.3, 0.4) is 0 Å². The number of carbonyl (C=O) groups excluding carboxylic acids is 1. The van der Waals surface area contributed by atoms with Gasteiger partial charge in [-0.1, -0.05) is 60.7 Å². The molecule has 0 saturated carbocycles. The van der Waals surface area contributed by atoms with Crippen LogP contribution >= 0.6 is 0 Å². The van der Waals surface area contributed by atoms with Gasteiger partial charge in [0.25, 0.3) is 11.5 Å². The van der Waals surface area contributed by atoms with E-state index in [1.165, 1.54) is 10.9 Å². The second-order valence-electron chi connectivity index (χ2n) is 6.64. The summed E-state index contributed by atoms with van der Waals surface area (Å²) in [6.07, 6.45) is 4.66. The van der Waals surface area contributed by atoms with Gasteiger partial charge in [0.05, 0.1) is 12.2 Å². The molecule has 144 valence electrons. The third kappa shape index (κ3) is 3.98. The van der Waals surface area contributed by atoms with Crippen LogP contribution in [-0.2, 0) is 0 Å². The maximum Gasteiger partial charge on any atom is 0.265 e. The first-order chi connectivity index (χ1) is 14.1. The molecular formula is C22H19N5O2. The van der Waals surface area contributed by atoms with Crippen molar-refractivity contribution in [3.63, 3.8) is 0 Å². The molecule has 0 bridgehead atoms. The van der Waals surface area contributed by atoms with Crippen molar-refractivity contribution >= 4 is 5.91 Å². The van der Waals surface area contributed by atoms with Gasteiger partial charge in [-0.25, -0.2) is 9.67 Å². The van der Waals surface area contributed by atoms with Gasteiger partial charge in [-0.2, -0.15) is 5.10 Å². The molecule has 2 aromatic heterocycles. The van der Waals surface area contributed by atoms with Crippen molar-refractivity contribution in [3.8, 4) is 5.95 Å². The fraction of sp³-hybridized carbons (Fsp3) is 0.0909. The number of carbonyl (C=O) groups is 1. The zero-order valence-electron chi connectivity index (χ0n) is 15.7. The van der Waals surface area contributed by atoms with E-state index in [0.29, 0.717) is 0 Å². The molecule has 29 heavy (non-hydrogen) atoms. The summed E-state index contributed by atoms with van der Waals surface area (Å²) in [5.74, 6) is -0.248. The fourth-order valence-corrected chi connectivity index (χ4v) is 3.05. The number of nitrogens with one attached hydrogen (secondary N) is 2. The Kier molecular flexibility index (Phi) is 5.03. The number of hydrogen-bond acceptors (Lipinski definition) is 4. The second kappa shape index (κ2) is 7.93. The molecule has 4 aromatic rings. The molecule has 7 heteroatoms. The van der Waals surface area contributed by atoms with Gasteiger partial charge in [0.15, 0.2) is 0 Å². The highest BCUT2D eigenvalue weighted by molar-refractivity contribution is 5.94. The number of aromatic nitrogens is 4. The van der Waals surface area contributed by atoms with E-state index in [4.69, 9.17) is 0 Å². The van der Waals surface area contributed by atoms with Gasteiger partial charge in [0.2, 0.25) is 5.95 Å². The summed E-state index contributed by atoms with van der Waals surface area (Å²) in [6.45, 7) is 1.89. The number of benzene rings is 2. The first-order valence-corrected chi connectivity index (χ1v) is 9.13. The lowest BCUT2D eigenvalue weighted by molar-refractivity contribution is 0.0941. The van der Waals surface area contributed by atoms with Crippen molar-refractivity contribution in [2.24, 2.45) is 0 Å². The summed E-state index contributed by atoms with van der Waals surface area (Å²) in [7, 11) is 0. The molecule has 0 aliphatic carbocycles. The first kappa shape index (κ1) is 18.4. The first-order valence-electron chi connectivity index (χ1n) is 9.13. The van der Waals surface area contributed by atoms with Gasteiger partial charge >= 0.3 is 0 Å². The van der Waals surface area contributed by atoms with Crippen molar-refractivity contribution in [1.29, 1.82) is 0 Å². The zero-order valence-corrected chi connectivity index (χ0v) is 15.7. The molecule has 0 unspecified atom stereocenters. The van der Waals surface area contributed by atoms with E-state index in [0.717, 1.165) is 16.7 Å². The highest BCUT2D eigenvalue weighted by Crippen LogP contribution is 2.22. The van der Waals surface area contributed by atoms with Crippen LogP contribution in [0.2, 0.25) is 0 Å². The molecule has 1 amide bonds. The molecule has 0 saturated heterocycles. The van der Waals surface area contributed by atoms with Gasteiger partial charge in [-0.3, -0.25) is 14.6 Å². The lowest BCUT2D eigenvalue weighted by Crippen LogP contribution is -2.34. The van der Waals surface area contributed by atoms with Crippen molar-refractivity contribution in [1.82, 2.24) is 25.1 Å². The van der Waals surface area contributed by atoms with Crippen molar-refractivity contribution in [2.75, 3.05) is 0 Å². The Labute approximate surface area is 167 Å². The Hall–Kier alpha value is -4.00. The van der Waals surface area contributed by atoms with Crippen LogP contribution in [0.1, 0.15) is 33.1 Å². The van der Waals surface area contributed by atoms with E-state index in [2.05, 4.69) is 20.4 Å². The minimum absolute atomic E-state index is 0.0607. The maximum absolute atomic E-state index is 12.9. The van der Waals surface area contributed by atoms with Crippen LogP contribution in [0.25, 0.3) is 5.95 Å². The van der Waals surface area contributed by atoms with Gasteiger partial charge < -0.3 is 5.32 Å². The smallest absolute Gasteiger partial charge is 0.265 e. The van der Waals surface area contributed by atoms with Crippen LogP contribution in [0.15, 0.2) is 84.0 Å². The number of hydrogen-bond donors (Lipinski definition) is 2. The topological polar surface area (TPSA) is 92.7 Å². The predicted molar refractivity (Wildman–Crippen MR) is 109 cm³/mol. The van der Waals surface area contributed by atoms with Gasteiger partial charge in [0.1, 0.15) is 5.56 Å². The summed E-state index contributed by atoms with van der Waals surface area (Å²) < 4.78 is 1.45. The standard InChI is InChI=1S/C22H19N5O2/c1-15-12-24-27(14-15)22-23-13-18(21(29)26-22)20(28)25-19(16-8-4-2-5-9-16)17-10-6-3-7-11-17/h2-14,19H,1H3,(H,25,28)(H,23,26,29). The average Bonchev–Trinajstić information content (AvgIpc) is 3.19. The Morgan fingerprint density at radius 3 is 2.14 bits per heavy atom. The van der Waals surface area contributed by atoms with Crippen LogP contribution in [0, 0.1) is 6.92 Å². The van der Waals surface area contributed by atoms with Crippen LogP contribution < -0.4 is 10.9 Å². The molecule has 4 rings (SSSR count). The summed E-state index contributed by atoms with van der Waals surface area (Å²) in [6, 6.07) is 18.8. The van der Waals surface area contributed by atoms with Crippen molar-refractivity contribution in [3.05, 3.63) is 112 Å². The molecule has 0 spiro atoms. The van der Waals surface area contributed by atoms with Crippen LogP contribution in [0.5, 0.6) is 0 Å². The summed E-state index contributed by atoms with van der Waals surface area (Å²) in [4.78, 5) is 32.2. The molecular weight excluding hydrogens is 366 g/mol. The minimum atomic E-state index is -0.527. The number of aromatic amines is 1. The highest BCUT2D eigenvalue weighted by atomic mass is 16.2. The lowest BCUT2D eigenvalue weighted by Gasteiger charge is -2.19. The third-order valence-corrected chi connectivity index (χ3v) is 4.50. The quantitative estimate of drug-likeness (QED) is 0.552. The molecule has 7 nitrogen and oxygen atoms in total. The predicted octanol–water partition coefficient (Wildman–Crippen LogP) is 2.78. The maximum atomic E-state index is 12.9. The summed E-state index contributed by atoms with van der Waals surface area (Å²) in [5.41, 5.74) is 2.18. The van der Waals surface area contributed by atoms with Crippen molar-refractivity contribution < 1.29 is 4.79 Å². The SMILES string of the molecule is Cc1cnn(-c2ncc(C(=O)NC(c3ccccc3)c3ccccc3)c(=O)[nH]2)c1. The summed E-state index contributed by atoms with van der Waals surface area (Å²) in [5, 5.41) is 7.06. The number of amides is 1. The molecule has 2 aromatic carbocycles. The average molecular weight is 385 g/mol. The van der Waals surface area contributed by atoms with E-state index < -0.39 is 17.5 Å². The normalized spacial score (nSPS) is 10.8. The van der Waals surface area contributed by atoms with Crippen LogP contribution in [-0.4, -0.2) is 25.7 Å². The van der Waals surface area contributed by atoms with E-state index in [1.807, 2.05) is 67.6 Å². The largest absolute Gasteiger partial charge is 0.341 e. The number of rotatable bonds is 5. The molecule has 0 aliphatic heterocycles. The zero-order chi connectivity index (χ0) is 20.2. The Balaban J connectivity index is 1.64. The van der Waals surface area contributed by atoms with Gasteiger partial charge in [0, 0.05) is 12.4 Å². The highest BCUT2D eigenvalue weighted by Gasteiger charge is 2.20. The number of nitrogens with zero attached hydrogens (tertiary/aromatic N) is 3. The number of aryl methyl sites for hydroxylation is 1. The Morgan fingerprint density at radius 2 is 1.62 bits per heavy atom. The molecule has 0 atom stereocenters. The van der Waals surface area contributed by atoms with E-state index in [9.17, 15) is 9.59 Å². The van der Waals surface area contributed by atoms with Gasteiger partial charge in [-0.15, -0.1) is 0 Å². The minimum Gasteiger partial charge on any atom is -0.341 e. The van der Waals surface area contributed by atoms with E-state index >= 15 is 0 Å². The van der Waals surface area contributed by atoms with E-state index in [1.54, 1.807) is 12.4 Å². The third-order valence-electron chi connectivity index (χ3n) is 4.50. The van der Waals surface area contributed by atoms with Gasteiger partial charge in [-0.05, 0) is 23.6 Å². The number of H-pyrrole nitrogens is 1.